The highest BCUT2D eigenvalue weighted by Crippen LogP contribution is 2.69. The second-order valence-electron chi connectivity index (χ2n) is 9.75. The lowest BCUT2D eigenvalue weighted by Gasteiger charge is -2.28. The Balaban J connectivity index is 1.65. The van der Waals surface area contributed by atoms with Crippen LogP contribution in [0.25, 0.3) is 0 Å². The number of amides is 3. The van der Waals surface area contributed by atoms with Crippen molar-refractivity contribution in [3.8, 4) is 0 Å². The van der Waals surface area contributed by atoms with E-state index in [1.807, 2.05) is 27.7 Å². The topological polar surface area (TPSA) is 131 Å². The fourth-order valence-electron chi connectivity index (χ4n) is 4.81. The third-order valence-electron chi connectivity index (χ3n) is 7.38. The minimum absolute atomic E-state index is 0.0658. The predicted octanol–water partition coefficient (Wildman–Crippen LogP) is 2.27. The molecule has 0 spiro atoms. The zero-order valence-electron chi connectivity index (χ0n) is 18.9. The molecule has 1 saturated heterocycles. The largest absolute Gasteiger partial charge is 0.467 e. The Morgan fingerprint density at radius 2 is 1.73 bits per heavy atom. The third kappa shape index (κ3) is 3.76. The molecule has 1 aliphatic heterocycles. The van der Waals surface area contributed by atoms with Crippen LogP contribution < -0.4 is 10.0 Å². The summed E-state index contributed by atoms with van der Waals surface area (Å²) in [6.45, 7) is 8.13. The van der Waals surface area contributed by atoms with Crippen LogP contribution in [0.15, 0.2) is 52.0 Å². The molecule has 1 aromatic heterocycles. The molecule has 3 amide bonds. The summed E-state index contributed by atoms with van der Waals surface area (Å²) in [5, 5.41) is 5.12. The molecule has 1 atom stereocenters. The van der Waals surface area contributed by atoms with Crippen LogP contribution in [0.4, 0.5) is 5.69 Å². The Kier molecular flexibility index (Phi) is 5.29. The number of imide groups is 1. The van der Waals surface area contributed by atoms with Gasteiger partial charge in [-0.2, -0.15) is 0 Å². The minimum Gasteiger partial charge on any atom is -0.467 e. The SMILES string of the molecule is CC1(C)C(C(=O)N(Cc2ccco2)C2CC(=O)N(c3ccc(S(N)(=O)=O)cc3)C2=O)C1(C)C. The summed E-state index contributed by atoms with van der Waals surface area (Å²) in [5.41, 5.74) is -0.279. The molecule has 9 nitrogen and oxygen atoms in total. The summed E-state index contributed by atoms with van der Waals surface area (Å²) >= 11 is 0. The Labute approximate surface area is 192 Å². The Morgan fingerprint density at radius 3 is 2.21 bits per heavy atom. The van der Waals surface area contributed by atoms with E-state index in [1.54, 1.807) is 12.1 Å². The number of nitrogens with two attached hydrogens (primary N) is 1. The van der Waals surface area contributed by atoms with E-state index in [-0.39, 0.29) is 46.2 Å². The van der Waals surface area contributed by atoms with E-state index in [4.69, 9.17) is 9.56 Å². The number of sulfonamides is 1. The molecule has 1 aromatic carbocycles. The molecule has 2 aliphatic rings. The van der Waals surface area contributed by atoms with Crippen molar-refractivity contribution in [2.75, 3.05) is 4.90 Å². The number of anilines is 1. The van der Waals surface area contributed by atoms with Gasteiger partial charge in [-0.15, -0.1) is 0 Å². The maximum atomic E-state index is 13.6. The molecule has 2 fully saturated rings. The Morgan fingerprint density at radius 1 is 1.12 bits per heavy atom. The number of nitrogens with zero attached hydrogens (tertiary/aromatic N) is 2. The molecule has 176 valence electrons. The number of furan rings is 1. The smallest absolute Gasteiger partial charge is 0.257 e. The van der Waals surface area contributed by atoms with Crippen LogP contribution in [0.3, 0.4) is 0 Å². The van der Waals surface area contributed by atoms with Crippen LogP contribution in [0.2, 0.25) is 0 Å². The summed E-state index contributed by atoms with van der Waals surface area (Å²) < 4.78 is 28.5. The first-order valence-corrected chi connectivity index (χ1v) is 12.1. The van der Waals surface area contributed by atoms with Crippen molar-refractivity contribution in [2.24, 2.45) is 21.9 Å². The molecule has 1 aliphatic carbocycles. The number of primary sulfonamides is 1. The zero-order valence-corrected chi connectivity index (χ0v) is 19.8. The van der Waals surface area contributed by atoms with Crippen molar-refractivity contribution in [3.63, 3.8) is 0 Å². The van der Waals surface area contributed by atoms with E-state index in [9.17, 15) is 22.8 Å². The van der Waals surface area contributed by atoms with Crippen LogP contribution in [0.5, 0.6) is 0 Å². The van der Waals surface area contributed by atoms with Gasteiger partial charge in [-0.05, 0) is 47.2 Å². The summed E-state index contributed by atoms with van der Waals surface area (Å²) in [5.74, 6) is -1.000. The summed E-state index contributed by atoms with van der Waals surface area (Å²) in [7, 11) is -3.91. The fraction of sp³-hybridized carbons (Fsp3) is 0.435. The second kappa shape index (κ2) is 7.53. The summed E-state index contributed by atoms with van der Waals surface area (Å²) in [4.78, 5) is 42.1. The monoisotopic (exact) mass is 473 g/mol. The molecule has 2 heterocycles. The van der Waals surface area contributed by atoms with E-state index in [1.165, 1.54) is 35.4 Å². The molecular formula is C23H27N3O6S. The first kappa shape index (κ1) is 23.2. The van der Waals surface area contributed by atoms with Gasteiger partial charge in [-0.25, -0.2) is 18.5 Å². The van der Waals surface area contributed by atoms with Crippen molar-refractivity contribution < 1.29 is 27.2 Å². The van der Waals surface area contributed by atoms with Crippen molar-refractivity contribution in [1.82, 2.24) is 4.90 Å². The van der Waals surface area contributed by atoms with Gasteiger partial charge in [0.15, 0.2) is 0 Å². The van der Waals surface area contributed by atoms with Crippen molar-refractivity contribution in [1.29, 1.82) is 0 Å². The van der Waals surface area contributed by atoms with Gasteiger partial charge in [0.2, 0.25) is 21.8 Å². The molecule has 4 rings (SSSR count). The van der Waals surface area contributed by atoms with Gasteiger partial charge in [-0.3, -0.25) is 14.4 Å². The quantitative estimate of drug-likeness (QED) is 0.641. The van der Waals surface area contributed by atoms with Gasteiger partial charge < -0.3 is 9.32 Å². The van der Waals surface area contributed by atoms with E-state index < -0.39 is 27.9 Å². The molecular weight excluding hydrogens is 446 g/mol. The average molecular weight is 474 g/mol. The number of hydrogen-bond acceptors (Lipinski definition) is 6. The molecule has 1 saturated carbocycles. The minimum atomic E-state index is -3.91. The fourth-order valence-corrected chi connectivity index (χ4v) is 5.32. The summed E-state index contributed by atoms with van der Waals surface area (Å²) in [6, 6.07) is 7.60. The van der Waals surface area contributed by atoms with E-state index in [0.29, 0.717) is 5.76 Å². The molecule has 2 N–H and O–H groups in total. The molecule has 0 bridgehead atoms. The molecule has 10 heteroatoms. The van der Waals surface area contributed by atoms with Gasteiger partial charge in [0.25, 0.3) is 5.91 Å². The maximum absolute atomic E-state index is 13.6. The van der Waals surface area contributed by atoms with Crippen LogP contribution in [-0.2, 0) is 31.0 Å². The molecule has 0 radical (unpaired) electrons. The van der Waals surface area contributed by atoms with Crippen LogP contribution >= 0.6 is 0 Å². The van der Waals surface area contributed by atoms with Crippen molar-refractivity contribution in [2.45, 2.75) is 51.6 Å². The highest BCUT2D eigenvalue weighted by atomic mass is 32.2. The predicted molar refractivity (Wildman–Crippen MR) is 119 cm³/mol. The lowest BCUT2D eigenvalue weighted by molar-refractivity contribution is -0.141. The second-order valence-corrected chi connectivity index (χ2v) is 11.3. The van der Waals surface area contributed by atoms with E-state index in [2.05, 4.69) is 0 Å². The first-order valence-electron chi connectivity index (χ1n) is 10.6. The van der Waals surface area contributed by atoms with E-state index >= 15 is 0 Å². The van der Waals surface area contributed by atoms with Gasteiger partial charge >= 0.3 is 0 Å². The normalized spacial score (nSPS) is 22.0. The number of hydrogen-bond donors (Lipinski definition) is 1. The molecule has 1 unspecified atom stereocenters. The molecule has 33 heavy (non-hydrogen) atoms. The van der Waals surface area contributed by atoms with Crippen LogP contribution in [0, 0.1) is 16.7 Å². The van der Waals surface area contributed by atoms with Crippen molar-refractivity contribution >= 4 is 33.4 Å². The number of benzene rings is 1. The van der Waals surface area contributed by atoms with E-state index in [0.717, 1.165) is 4.90 Å². The zero-order chi connectivity index (χ0) is 24.3. The Hall–Kier alpha value is -2.98. The standard InChI is InChI=1S/C23H27N3O6S/c1-22(2)19(23(22,3)4)21(29)25(13-15-6-5-11-32-15)17-12-18(27)26(20(17)28)14-7-9-16(10-8-14)33(24,30)31/h5-11,17,19H,12-13H2,1-4H3,(H2,24,30,31). The van der Waals surface area contributed by atoms with Gasteiger partial charge in [-0.1, -0.05) is 27.7 Å². The number of carbonyl (C=O) groups is 3. The lowest BCUT2D eigenvalue weighted by atomic mass is 10.0. The van der Waals surface area contributed by atoms with Gasteiger partial charge in [0, 0.05) is 5.92 Å². The van der Waals surface area contributed by atoms with Crippen molar-refractivity contribution in [3.05, 3.63) is 48.4 Å². The van der Waals surface area contributed by atoms with Crippen LogP contribution in [-0.4, -0.2) is 37.1 Å². The molecule has 2 aromatic rings. The average Bonchev–Trinajstić information content (AvgIpc) is 3.14. The summed E-state index contributed by atoms with van der Waals surface area (Å²) in [6.07, 6.45) is 1.32. The highest BCUT2D eigenvalue weighted by molar-refractivity contribution is 7.89. The first-order chi connectivity index (χ1) is 15.3. The third-order valence-corrected chi connectivity index (χ3v) is 8.31. The number of rotatable bonds is 6. The highest BCUT2D eigenvalue weighted by Gasteiger charge is 2.69. The van der Waals surface area contributed by atoms with Gasteiger partial charge in [0.05, 0.1) is 29.8 Å². The van der Waals surface area contributed by atoms with Crippen LogP contribution in [0.1, 0.15) is 39.9 Å². The maximum Gasteiger partial charge on any atom is 0.257 e. The Bertz CT molecular complexity index is 1200. The lowest BCUT2D eigenvalue weighted by Crippen LogP contribution is -2.46. The number of carbonyl (C=O) groups excluding carboxylic acids is 3. The van der Waals surface area contributed by atoms with Gasteiger partial charge in [0.1, 0.15) is 11.8 Å².